The Labute approximate surface area is 163 Å². The first-order valence-electron chi connectivity index (χ1n) is 8.83. The van der Waals surface area contributed by atoms with Crippen LogP contribution in [0.5, 0.6) is 0 Å². The van der Waals surface area contributed by atoms with Crippen molar-refractivity contribution >= 4 is 35.8 Å². The Bertz CT molecular complexity index is 479. The molecule has 0 unspecified atom stereocenters. The fourth-order valence-corrected chi connectivity index (χ4v) is 2.72. The van der Waals surface area contributed by atoms with Crippen molar-refractivity contribution < 1.29 is 0 Å². The minimum absolute atomic E-state index is 0. The van der Waals surface area contributed by atoms with Gasteiger partial charge < -0.3 is 15.5 Å². The number of rotatable bonds is 5. The molecule has 2 rings (SSSR count). The largest absolute Gasteiger partial charge is 0.357 e. The molecule has 0 bridgehead atoms. The molecule has 0 radical (unpaired) electrons. The van der Waals surface area contributed by atoms with Crippen LogP contribution >= 0.6 is 24.0 Å². The van der Waals surface area contributed by atoms with Crippen LogP contribution in [0.4, 0.5) is 5.82 Å². The van der Waals surface area contributed by atoms with Crippen LogP contribution < -0.4 is 15.5 Å². The highest BCUT2D eigenvalue weighted by Crippen LogP contribution is 2.17. The molecule has 1 aromatic rings. The van der Waals surface area contributed by atoms with Crippen LogP contribution in [0.15, 0.2) is 23.3 Å². The lowest BCUT2D eigenvalue weighted by Crippen LogP contribution is -2.38. The van der Waals surface area contributed by atoms with Gasteiger partial charge in [-0.05, 0) is 30.4 Å². The van der Waals surface area contributed by atoms with E-state index in [0.29, 0.717) is 5.92 Å². The number of anilines is 1. The van der Waals surface area contributed by atoms with Gasteiger partial charge in [0.2, 0.25) is 0 Å². The van der Waals surface area contributed by atoms with Crippen LogP contribution in [-0.4, -0.2) is 37.6 Å². The van der Waals surface area contributed by atoms with Gasteiger partial charge in [0.1, 0.15) is 5.82 Å². The van der Waals surface area contributed by atoms with E-state index in [9.17, 15) is 0 Å². The third-order valence-electron chi connectivity index (χ3n) is 4.10. The van der Waals surface area contributed by atoms with Crippen LogP contribution in [0.3, 0.4) is 0 Å². The normalized spacial score (nSPS) is 15.7. The summed E-state index contributed by atoms with van der Waals surface area (Å²) in [6.07, 6.45) is 7.23. The highest BCUT2D eigenvalue weighted by Gasteiger charge is 2.10. The van der Waals surface area contributed by atoms with Crippen molar-refractivity contribution in [2.75, 3.05) is 31.6 Å². The molecule has 0 amide bonds. The minimum Gasteiger partial charge on any atom is -0.357 e. The number of nitrogens with zero attached hydrogens (tertiary/aromatic N) is 3. The first kappa shape index (κ1) is 21.0. The van der Waals surface area contributed by atoms with Gasteiger partial charge in [-0.2, -0.15) is 0 Å². The van der Waals surface area contributed by atoms with Crippen molar-refractivity contribution in [3.63, 3.8) is 0 Å². The maximum atomic E-state index is 4.65. The smallest absolute Gasteiger partial charge is 0.191 e. The number of hydrogen-bond acceptors (Lipinski definition) is 3. The molecule has 1 aromatic heterocycles. The summed E-state index contributed by atoms with van der Waals surface area (Å²) in [6, 6.07) is 4.31. The van der Waals surface area contributed by atoms with E-state index >= 15 is 0 Å². The van der Waals surface area contributed by atoms with E-state index in [4.69, 9.17) is 0 Å². The van der Waals surface area contributed by atoms with Gasteiger partial charge in [-0.3, -0.25) is 4.99 Å². The zero-order chi connectivity index (χ0) is 16.5. The number of aliphatic imine (C=N–C) groups is 1. The van der Waals surface area contributed by atoms with Crippen molar-refractivity contribution in [2.45, 2.75) is 46.1 Å². The van der Waals surface area contributed by atoms with Gasteiger partial charge in [-0.1, -0.05) is 32.8 Å². The van der Waals surface area contributed by atoms with Crippen molar-refractivity contribution in [3.05, 3.63) is 23.9 Å². The van der Waals surface area contributed by atoms with Gasteiger partial charge in [0.15, 0.2) is 5.96 Å². The van der Waals surface area contributed by atoms with E-state index < -0.39 is 0 Å². The van der Waals surface area contributed by atoms with E-state index in [1.54, 1.807) is 7.05 Å². The molecule has 136 valence electrons. The fraction of sp³-hybridized carbons (Fsp3) is 0.667. The van der Waals surface area contributed by atoms with Crippen molar-refractivity contribution in [3.8, 4) is 0 Å². The molecule has 5 nitrogen and oxygen atoms in total. The van der Waals surface area contributed by atoms with Crippen LogP contribution in [0.25, 0.3) is 0 Å². The maximum Gasteiger partial charge on any atom is 0.191 e. The molecule has 1 fully saturated rings. The lowest BCUT2D eigenvalue weighted by Gasteiger charge is -2.21. The Morgan fingerprint density at radius 3 is 2.42 bits per heavy atom. The summed E-state index contributed by atoms with van der Waals surface area (Å²) in [7, 11) is 1.80. The van der Waals surface area contributed by atoms with Crippen molar-refractivity contribution in [1.82, 2.24) is 15.6 Å². The SMILES string of the molecule is CN=C(NCc1ccc(N2CCCCCC2)nc1)NCC(C)C.I. The van der Waals surface area contributed by atoms with Gasteiger partial charge in [0.25, 0.3) is 0 Å². The highest BCUT2D eigenvalue weighted by molar-refractivity contribution is 14.0. The average molecular weight is 445 g/mol. The van der Waals surface area contributed by atoms with E-state index in [0.717, 1.165) is 38.0 Å². The Hall–Kier alpha value is -1.05. The molecule has 0 saturated carbocycles. The average Bonchev–Trinajstić information content (AvgIpc) is 2.84. The Balaban J connectivity index is 0.00000288. The van der Waals surface area contributed by atoms with Crippen molar-refractivity contribution in [2.24, 2.45) is 10.9 Å². The lowest BCUT2D eigenvalue weighted by molar-refractivity contribution is 0.614. The minimum atomic E-state index is 0. The maximum absolute atomic E-state index is 4.65. The number of hydrogen-bond donors (Lipinski definition) is 2. The Kier molecular flexibility index (Phi) is 10.1. The molecule has 1 aliphatic rings. The molecular formula is C18H32IN5. The molecule has 6 heteroatoms. The van der Waals surface area contributed by atoms with Crippen LogP contribution in [0.1, 0.15) is 45.1 Å². The number of halogens is 1. The predicted molar refractivity (Wildman–Crippen MR) is 113 cm³/mol. The van der Waals surface area contributed by atoms with Gasteiger partial charge >= 0.3 is 0 Å². The van der Waals surface area contributed by atoms with Gasteiger partial charge in [-0.15, -0.1) is 24.0 Å². The van der Waals surface area contributed by atoms with Gasteiger partial charge in [-0.25, -0.2) is 4.98 Å². The number of aromatic nitrogens is 1. The van der Waals surface area contributed by atoms with Crippen molar-refractivity contribution in [1.29, 1.82) is 0 Å². The Morgan fingerprint density at radius 1 is 1.17 bits per heavy atom. The van der Waals surface area contributed by atoms with E-state index in [2.05, 4.69) is 51.5 Å². The van der Waals surface area contributed by atoms with Gasteiger partial charge in [0, 0.05) is 39.4 Å². The highest BCUT2D eigenvalue weighted by atomic mass is 127. The summed E-state index contributed by atoms with van der Waals surface area (Å²) in [5.41, 5.74) is 1.18. The quantitative estimate of drug-likeness (QED) is 0.415. The van der Waals surface area contributed by atoms with Gasteiger partial charge in [0.05, 0.1) is 0 Å². The standard InChI is InChI=1S/C18H31N5.HI/c1-15(2)12-21-18(19-3)22-14-16-8-9-17(20-13-16)23-10-6-4-5-7-11-23;/h8-9,13,15H,4-7,10-12,14H2,1-3H3,(H2,19,21,22);1H. The summed E-state index contributed by atoms with van der Waals surface area (Å²) in [5.74, 6) is 2.55. The summed E-state index contributed by atoms with van der Waals surface area (Å²) >= 11 is 0. The van der Waals surface area contributed by atoms with Crippen LogP contribution in [0.2, 0.25) is 0 Å². The molecule has 2 N–H and O–H groups in total. The fourth-order valence-electron chi connectivity index (χ4n) is 2.72. The third kappa shape index (κ3) is 7.23. The van der Waals surface area contributed by atoms with Crippen LogP contribution in [-0.2, 0) is 6.54 Å². The summed E-state index contributed by atoms with van der Waals surface area (Å²) in [4.78, 5) is 11.3. The van der Waals surface area contributed by atoms with E-state index in [1.165, 1.54) is 31.2 Å². The second-order valence-corrected chi connectivity index (χ2v) is 6.63. The summed E-state index contributed by atoms with van der Waals surface area (Å²) in [6.45, 7) is 8.31. The molecule has 2 heterocycles. The molecule has 0 atom stereocenters. The number of pyridine rings is 1. The first-order valence-corrected chi connectivity index (χ1v) is 8.83. The lowest BCUT2D eigenvalue weighted by atomic mass is 10.2. The molecule has 0 aliphatic carbocycles. The molecule has 1 aliphatic heterocycles. The van der Waals surface area contributed by atoms with Crippen LogP contribution in [0, 0.1) is 5.92 Å². The molecular weight excluding hydrogens is 413 g/mol. The number of nitrogens with one attached hydrogen (secondary N) is 2. The second-order valence-electron chi connectivity index (χ2n) is 6.63. The van der Waals surface area contributed by atoms with E-state index in [-0.39, 0.29) is 24.0 Å². The predicted octanol–water partition coefficient (Wildman–Crippen LogP) is 3.40. The monoisotopic (exact) mass is 445 g/mol. The second kappa shape index (κ2) is 11.5. The zero-order valence-corrected chi connectivity index (χ0v) is 17.5. The molecule has 24 heavy (non-hydrogen) atoms. The molecule has 0 aromatic carbocycles. The van der Waals surface area contributed by atoms with E-state index in [1.807, 2.05) is 6.20 Å². The number of guanidine groups is 1. The third-order valence-corrected chi connectivity index (χ3v) is 4.10. The molecule has 1 saturated heterocycles. The first-order chi connectivity index (χ1) is 11.2. The molecule has 0 spiro atoms. The zero-order valence-electron chi connectivity index (χ0n) is 15.2. The summed E-state index contributed by atoms with van der Waals surface area (Å²) in [5, 5.41) is 6.65. The topological polar surface area (TPSA) is 52.6 Å². The summed E-state index contributed by atoms with van der Waals surface area (Å²) < 4.78 is 0. The Morgan fingerprint density at radius 2 is 1.88 bits per heavy atom.